The molecule has 2 aromatic rings. The van der Waals surface area contributed by atoms with Crippen LogP contribution in [0.15, 0.2) is 71.9 Å². The van der Waals surface area contributed by atoms with Gasteiger partial charge in [-0.3, -0.25) is 0 Å². The molecule has 242 valence electrons. The van der Waals surface area contributed by atoms with Gasteiger partial charge in [-0.1, -0.05) is 0 Å². The van der Waals surface area contributed by atoms with Gasteiger partial charge in [-0.05, 0) is 0 Å². The quantitative estimate of drug-likeness (QED) is 0.291. The maximum absolute atomic E-state index is 15.6. The van der Waals surface area contributed by atoms with E-state index in [9.17, 15) is 9.59 Å². The fraction of sp³-hybridized carbons (Fsp3) is 0.455. The third-order valence-electron chi connectivity index (χ3n) is 9.78. The van der Waals surface area contributed by atoms with Crippen molar-refractivity contribution in [2.45, 2.75) is 41.4 Å². The number of ether oxygens (including phenoxy) is 4. The van der Waals surface area contributed by atoms with E-state index in [0.29, 0.717) is 6.54 Å². The van der Waals surface area contributed by atoms with Gasteiger partial charge in [-0.25, -0.2) is 0 Å². The van der Waals surface area contributed by atoms with E-state index in [0.717, 1.165) is 10.0 Å². The first-order valence-corrected chi connectivity index (χ1v) is 16.9. The first-order chi connectivity index (χ1) is 22.1. The summed E-state index contributed by atoms with van der Waals surface area (Å²) in [5, 5.41) is 0. The summed E-state index contributed by atoms with van der Waals surface area (Å²) < 4.78 is 23.8. The van der Waals surface area contributed by atoms with Crippen LogP contribution in [-0.4, -0.2) is 124 Å². The van der Waals surface area contributed by atoms with E-state index in [1.807, 2.05) is 77.5 Å². The number of rotatable bonds is 9. The fourth-order valence-corrected chi connectivity index (χ4v) is 11.3. The van der Waals surface area contributed by atoms with E-state index in [-0.39, 0.29) is 61.9 Å². The van der Waals surface area contributed by atoms with Crippen LogP contribution in [0.25, 0.3) is 0 Å². The number of amides is 2. The van der Waals surface area contributed by atoms with Gasteiger partial charge in [0.05, 0.1) is 0 Å². The Morgan fingerprint density at radius 1 is 1.04 bits per heavy atom. The number of carbonyl (C=O) groups is 4. The van der Waals surface area contributed by atoms with Gasteiger partial charge in [0.1, 0.15) is 0 Å². The van der Waals surface area contributed by atoms with Gasteiger partial charge in [-0.2, -0.15) is 0 Å². The summed E-state index contributed by atoms with van der Waals surface area (Å²) in [7, 11) is 3.41. The second-order valence-corrected chi connectivity index (χ2v) is 15.2. The monoisotopic (exact) mass is 696 g/mol. The van der Waals surface area contributed by atoms with Crippen LogP contribution in [0.3, 0.4) is 0 Å². The molecule has 7 rings (SSSR count). The molecule has 3 saturated heterocycles. The van der Waals surface area contributed by atoms with E-state index in [1.165, 1.54) is 14.0 Å². The molecule has 0 bridgehead atoms. The first-order valence-electron chi connectivity index (χ1n) is 15.2. The molecular formula is C33H36N4O8Se. The van der Waals surface area contributed by atoms with Crippen molar-refractivity contribution < 1.29 is 38.1 Å². The zero-order valence-electron chi connectivity index (χ0n) is 25.8. The Kier molecular flexibility index (Phi) is 7.62. The van der Waals surface area contributed by atoms with Gasteiger partial charge in [0.15, 0.2) is 0 Å². The molecule has 4 aliphatic heterocycles. The van der Waals surface area contributed by atoms with Crippen molar-refractivity contribution in [3.8, 4) is 0 Å². The van der Waals surface area contributed by atoms with Gasteiger partial charge in [-0.15, -0.1) is 0 Å². The van der Waals surface area contributed by atoms with Crippen molar-refractivity contribution >= 4 is 43.0 Å². The number of fused-ring (bicyclic) bond motifs is 4. The van der Waals surface area contributed by atoms with Crippen LogP contribution in [0.1, 0.15) is 12.5 Å². The number of allylic oxidation sites excluding steroid dienone is 1. The Morgan fingerprint density at radius 2 is 1.70 bits per heavy atom. The molecule has 0 radical (unpaired) electrons. The van der Waals surface area contributed by atoms with Crippen molar-refractivity contribution in [2.24, 2.45) is 11.7 Å². The van der Waals surface area contributed by atoms with E-state index in [4.69, 9.17) is 24.7 Å². The minimum absolute atomic E-state index is 0.126. The average molecular weight is 696 g/mol. The number of methoxy groups -OCH3 is 1. The van der Waals surface area contributed by atoms with Crippen LogP contribution < -0.4 is 10.2 Å². The Bertz CT molecular complexity index is 1620. The number of piperazine rings is 1. The molecule has 2 N–H and O–H groups in total. The van der Waals surface area contributed by atoms with Gasteiger partial charge in [0.25, 0.3) is 0 Å². The number of nitrogens with two attached hydrogens (primary N) is 1. The first kappa shape index (κ1) is 31.0. The topological polar surface area (TPSA) is 141 Å². The molecule has 12 nitrogen and oxygen atoms in total. The predicted molar refractivity (Wildman–Crippen MR) is 165 cm³/mol. The second-order valence-electron chi connectivity index (χ2n) is 12.3. The summed E-state index contributed by atoms with van der Waals surface area (Å²) in [6.45, 7) is 2.38. The molecule has 0 aromatic heterocycles. The van der Waals surface area contributed by atoms with Gasteiger partial charge < -0.3 is 0 Å². The van der Waals surface area contributed by atoms with Gasteiger partial charge >= 0.3 is 273 Å². The summed E-state index contributed by atoms with van der Waals surface area (Å²) in [6.07, 6.45) is -1.03. The molecule has 4 heterocycles. The van der Waals surface area contributed by atoms with Gasteiger partial charge in [0, 0.05) is 0 Å². The molecule has 5 atom stereocenters. The molecule has 0 saturated carbocycles. The molecule has 3 fully saturated rings. The van der Waals surface area contributed by atoms with Crippen LogP contribution in [-0.2, 0) is 39.9 Å². The van der Waals surface area contributed by atoms with Crippen molar-refractivity contribution in [1.29, 1.82) is 0 Å². The summed E-state index contributed by atoms with van der Waals surface area (Å²) in [6, 6.07) is 18.9. The molecule has 13 heteroatoms. The standard InChI is InChI=1S/C33H36N4O8Se/c1-20(38)37-24-17-36-26-25(23(18-43-30(34)41)32(36,42-3)27(24)37)28(39)33(44-14-15-45-33)31(29(26)40,46-22-12-8-5-9-13-22)19-35(2)16-21-10-6-4-7-11-21/h4-13,23-24,27H,14-19H2,1-3H3,(H2,34,41)/t23-,24+,27+,31?,32-,37?/m1/s1. The number of carbonyl (C=O) groups excluding carboxylic acids is 4. The number of primary amides is 1. The van der Waals surface area contributed by atoms with Crippen LogP contribution in [0.2, 0.25) is 4.31 Å². The molecule has 2 aromatic carbocycles. The molecule has 46 heavy (non-hydrogen) atoms. The van der Waals surface area contributed by atoms with E-state index in [2.05, 4.69) is 0 Å². The summed E-state index contributed by atoms with van der Waals surface area (Å²) in [5.74, 6) is -3.77. The van der Waals surface area contributed by atoms with Crippen molar-refractivity contribution in [3.05, 3.63) is 77.5 Å². The van der Waals surface area contributed by atoms with Crippen molar-refractivity contribution in [2.75, 3.05) is 47.1 Å². The van der Waals surface area contributed by atoms with E-state index < -0.39 is 54.6 Å². The molecule has 2 amide bonds. The number of ketones is 2. The number of benzene rings is 2. The van der Waals surface area contributed by atoms with Crippen molar-refractivity contribution in [1.82, 2.24) is 14.7 Å². The van der Waals surface area contributed by atoms with Crippen LogP contribution in [0, 0.1) is 5.92 Å². The number of nitrogens with zero attached hydrogens (tertiary/aromatic N) is 3. The molecule has 1 spiro atoms. The van der Waals surface area contributed by atoms with Crippen LogP contribution in [0.5, 0.6) is 0 Å². The maximum atomic E-state index is 15.6. The summed E-state index contributed by atoms with van der Waals surface area (Å²) in [5.41, 5.74) is 5.48. The van der Waals surface area contributed by atoms with Gasteiger partial charge in [0.2, 0.25) is 0 Å². The molecule has 1 aliphatic carbocycles. The van der Waals surface area contributed by atoms with E-state index >= 15 is 9.59 Å². The second kappa shape index (κ2) is 11.3. The Balaban J connectivity index is 1.40. The zero-order chi connectivity index (χ0) is 32.4. The Hall–Kier alpha value is -3.58. The molecule has 1 unspecified atom stereocenters. The molecule has 5 aliphatic rings. The third-order valence-corrected chi connectivity index (χ3v) is 12.8. The fourth-order valence-electron chi connectivity index (χ4n) is 8.11. The summed E-state index contributed by atoms with van der Waals surface area (Å²) in [4.78, 5) is 60.8. The number of Topliss-reactive ketones (excluding diaryl/α,β-unsaturated/α-hetero) is 2. The Labute approximate surface area is 272 Å². The number of hydrogen-bond acceptors (Lipinski definition) is 10. The van der Waals surface area contributed by atoms with Crippen molar-refractivity contribution in [3.63, 3.8) is 0 Å². The normalized spacial score (nSPS) is 30.6. The molecular weight excluding hydrogens is 659 g/mol. The SMILES string of the molecule is CO[C@@]12[C@H](COC(N)=O)C3=C(C(=O)C(CN(C)Cc4ccccc4)([Se]c4ccccc4)C4(OCCO4)C3=O)N1C[C@H]1[C@@H]2N1C(C)=O. The minimum atomic E-state index is -1.92. The summed E-state index contributed by atoms with van der Waals surface area (Å²) >= 11 is -0.652. The van der Waals surface area contributed by atoms with Crippen LogP contribution in [0.4, 0.5) is 4.79 Å². The predicted octanol–water partition coefficient (Wildman–Crippen LogP) is 0.439. The average Bonchev–Trinajstić information content (AvgIpc) is 3.30. The Morgan fingerprint density at radius 3 is 2.30 bits per heavy atom. The van der Waals surface area contributed by atoms with Crippen LogP contribution >= 0.6 is 0 Å². The zero-order valence-corrected chi connectivity index (χ0v) is 27.6. The third kappa shape index (κ3) is 4.33. The van der Waals surface area contributed by atoms with E-state index in [1.54, 1.807) is 4.90 Å². The number of hydrogen-bond donors (Lipinski definition) is 1.